The molecule has 196 valence electrons. The van der Waals surface area contributed by atoms with E-state index in [1.165, 1.54) is 44.2 Å². The van der Waals surface area contributed by atoms with Crippen LogP contribution in [0.5, 0.6) is 0 Å². The van der Waals surface area contributed by atoms with Crippen molar-refractivity contribution in [3.05, 3.63) is 172 Å². The molecular weight excluding hydrogens is 514 g/mol. The van der Waals surface area contributed by atoms with E-state index >= 15 is 0 Å². The Bertz CT molecular complexity index is 2250. The van der Waals surface area contributed by atoms with Gasteiger partial charge >= 0.3 is 0 Å². The van der Waals surface area contributed by atoms with Crippen LogP contribution in [0.25, 0.3) is 54.9 Å². The van der Waals surface area contributed by atoms with E-state index in [2.05, 4.69) is 103 Å². The molecule has 0 aromatic heterocycles. The maximum Gasteiger partial charge on any atom is 0.277 e. The third-order valence-electron chi connectivity index (χ3n) is 9.35. The maximum atomic E-state index is 12.5. The van der Waals surface area contributed by atoms with Crippen LogP contribution in [0.3, 0.4) is 0 Å². The van der Waals surface area contributed by atoms with Crippen molar-refractivity contribution < 1.29 is 4.92 Å². The molecule has 0 atom stereocenters. The molecule has 0 heterocycles. The Labute approximate surface area is 242 Å². The van der Waals surface area contributed by atoms with Crippen LogP contribution in [0.4, 0.5) is 5.69 Å². The molecule has 9 rings (SSSR count). The molecule has 0 amide bonds. The summed E-state index contributed by atoms with van der Waals surface area (Å²) in [5.74, 6) is 0. The van der Waals surface area contributed by atoms with E-state index in [-0.39, 0.29) is 10.6 Å². The highest BCUT2D eigenvalue weighted by Crippen LogP contribution is 2.65. The molecule has 3 nitrogen and oxygen atoms in total. The van der Waals surface area contributed by atoms with Crippen LogP contribution >= 0.6 is 0 Å². The van der Waals surface area contributed by atoms with Crippen LogP contribution in [-0.4, -0.2) is 4.92 Å². The molecule has 0 aliphatic heterocycles. The number of hydrogen-bond donors (Lipinski definition) is 0. The standard InChI is InChI=1S/C39H23NO2/c41-40(42)36-23-26-12-2-1-11-25(26)22-32(36)30-16-9-19-35-37(30)31-21-20-24-10-3-4-13-27(24)38(31)39(35)33-17-7-5-14-28(33)29-15-6-8-18-34(29)39/h1-23H. The molecule has 3 heteroatoms. The van der Waals surface area contributed by atoms with Crippen LogP contribution < -0.4 is 0 Å². The van der Waals surface area contributed by atoms with Crippen LogP contribution in [0, 0.1) is 10.1 Å². The SMILES string of the molecule is O=[N+]([O-])c1cc2ccccc2cc1-c1cccc2c1-c1ccc3ccccc3c1C21c2ccccc2-c2ccccc21. The van der Waals surface area contributed by atoms with Gasteiger partial charge in [-0.15, -0.1) is 0 Å². The third kappa shape index (κ3) is 2.80. The predicted octanol–water partition coefficient (Wildman–Crippen LogP) is 9.91. The molecule has 0 fully saturated rings. The number of hydrogen-bond acceptors (Lipinski definition) is 2. The van der Waals surface area contributed by atoms with Crippen molar-refractivity contribution >= 4 is 27.2 Å². The minimum absolute atomic E-state index is 0.123. The molecular formula is C39H23NO2. The number of benzene rings is 7. The van der Waals surface area contributed by atoms with Gasteiger partial charge in [-0.3, -0.25) is 10.1 Å². The van der Waals surface area contributed by atoms with Crippen molar-refractivity contribution in [2.24, 2.45) is 0 Å². The van der Waals surface area contributed by atoms with Crippen LogP contribution in [0.1, 0.15) is 22.3 Å². The summed E-state index contributed by atoms with van der Waals surface area (Å²) in [6, 6.07) is 48.4. The Kier molecular flexibility index (Phi) is 4.55. The van der Waals surface area contributed by atoms with E-state index in [4.69, 9.17) is 0 Å². The molecule has 42 heavy (non-hydrogen) atoms. The molecule has 2 aliphatic carbocycles. The summed E-state index contributed by atoms with van der Waals surface area (Å²) in [7, 11) is 0. The van der Waals surface area contributed by atoms with Gasteiger partial charge in [0.1, 0.15) is 0 Å². The fourth-order valence-corrected chi connectivity index (χ4v) is 7.79. The lowest BCUT2D eigenvalue weighted by atomic mass is 9.69. The normalized spacial score (nSPS) is 13.6. The zero-order valence-corrected chi connectivity index (χ0v) is 22.5. The van der Waals surface area contributed by atoms with Gasteiger partial charge in [-0.1, -0.05) is 127 Å². The first-order chi connectivity index (χ1) is 20.7. The van der Waals surface area contributed by atoms with Gasteiger partial charge in [0, 0.05) is 6.07 Å². The molecule has 0 bridgehead atoms. The Morgan fingerprint density at radius 2 is 1.05 bits per heavy atom. The van der Waals surface area contributed by atoms with Crippen LogP contribution in [-0.2, 0) is 5.41 Å². The average Bonchev–Trinajstić information content (AvgIpc) is 3.52. The lowest BCUT2D eigenvalue weighted by Crippen LogP contribution is -2.26. The second kappa shape index (κ2) is 8.25. The van der Waals surface area contributed by atoms with Crippen molar-refractivity contribution in [1.29, 1.82) is 0 Å². The predicted molar refractivity (Wildman–Crippen MR) is 170 cm³/mol. The lowest BCUT2D eigenvalue weighted by Gasteiger charge is -2.31. The van der Waals surface area contributed by atoms with Gasteiger partial charge in [-0.25, -0.2) is 0 Å². The lowest BCUT2D eigenvalue weighted by molar-refractivity contribution is -0.384. The summed E-state index contributed by atoms with van der Waals surface area (Å²) >= 11 is 0. The summed E-state index contributed by atoms with van der Waals surface area (Å²) in [6.45, 7) is 0. The summed E-state index contributed by atoms with van der Waals surface area (Å²) < 4.78 is 0. The second-order valence-electron chi connectivity index (χ2n) is 11.3. The first-order valence-electron chi connectivity index (χ1n) is 14.2. The van der Waals surface area contributed by atoms with Gasteiger partial charge in [-0.05, 0) is 77.7 Å². The molecule has 0 N–H and O–H groups in total. The van der Waals surface area contributed by atoms with Gasteiger partial charge in [-0.2, -0.15) is 0 Å². The maximum absolute atomic E-state index is 12.5. The number of nitro groups is 1. The molecule has 7 aromatic carbocycles. The van der Waals surface area contributed by atoms with E-state index in [1.807, 2.05) is 30.3 Å². The highest BCUT2D eigenvalue weighted by Gasteiger charge is 2.53. The quantitative estimate of drug-likeness (QED) is 0.163. The number of fused-ring (bicyclic) bond motifs is 13. The molecule has 0 saturated heterocycles. The zero-order valence-electron chi connectivity index (χ0n) is 22.5. The summed E-state index contributed by atoms with van der Waals surface area (Å²) in [5, 5.41) is 16.8. The molecule has 7 aromatic rings. The average molecular weight is 538 g/mol. The van der Waals surface area contributed by atoms with Gasteiger partial charge in [0.25, 0.3) is 5.69 Å². The van der Waals surface area contributed by atoms with Gasteiger partial charge in [0.2, 0.25) is 0 Å². The van der Waals surface area contributed by atoms with Crippen molar-refractivity contribution in [2.75, 3.05) is 0 Å². The first kappa shape index (κ1) is 23.2. The van der Waals surface area contributed by atoms with E-state index in [0.29, 0.717) is 5.56 Å². The second-order valence-corrected chi connectivity index (χ2v) is 11.3. The molecule has 0 unspecified atom stereocenters. The molecule has 1 spiro atoms. The van der Waals surface area contributed by atoms with Crippen molar-refractivity contribution in [3.8, 4) is 33.4 Å². The van der Waals surface area contributed by atoms with Crippen LogP contribution in [0.2, 0.25) is 0 Å². The Morgan fingerprint density at radius 1 is 0.476 bits per heavy atom. The number of rotatable bonds is 2. The van der Waals surface area contributed by atoms with Crippen molar-refractivity contribution in [3.63, 3.8) is 0 Å². The zero-order chi connectivity index (χ0) is 28.0. The van der Waals surface area contributed by atoms with Crippen LogP contribution in [0.15, 0.2) is 140 Å². The summed E-state index contributed by atoms with van der Waals surface area (Å²) in [4.78, 5) is 12.3. The van der Waals surface area contributed by atoms with Gasteiger partial charge < -0.3 is 0 Å². The molecule has 2 aliphatic rings. The molecule has 0 saturated carbocycles. The third-order valence-corrected chi connectivity index (χ3v) is 9.35. The van der Waals surface area contributed by atoms with Gasteiger partial charge in [0.15, 0.2) is 0 Å². The Morgan fingerprint density at radius 3 is 1.76 bits per heavy atom. The minimum Gasteiger partial charge on any atom is -0.258 e. The van der Waals surface area contributed by atoms with Crippen molar-refractivity contribution in [1.82, 2.24) is 0 Å². The fourth-order valence-electron chi connectivity index (χ4n) is 7.79. The van der Waals surface area contributed by atoms with E-state index in [1.54, 1.807) is 6.07 Å². The smallest absolute Gasteiger partial charge is 0.258 e. The summed E-state index contributed by atoms with van der Waals surface area (Å²) in [5.41, 5.74) is 10.7. The number of nitro benzene ring substituents is 1. The molecule has 0 radical (unpaired) electrons. The highest BCUT2D eigenvalue weighted by atomic mass is 16.6. The largest absolute Gasteiger partial charge is 0.277 e. The van der Waals surface area contributed by atoms with E-state index < -0.39 is 5.41 Å². The van der Waals surface area contributed by atoms with E-state index in [0.717, 1.165) is 27.5 Å². The Hall–Kier alpha value is -5.54. The van der Waals surface area contributed by atoms with Gasteiger partial charge in [0.05, 0.1) is 15.9 Å². The fraction of sp³-hybridized carbons (Fsp3) is 0.0256. The van der Waals surface area contributed by atoms with E-state index in [9.17, 15) is 10.1 Å². The van der Waals surface area contributed by atoms with Crippen molar-refractivity contribution in [2.45, 2.75) is 5.41 Å². The highest BCUT2D eigenvalue weighted by molar-refractivity contribution is 6.08. The monoisotopic (exact) mass is 537 g/mol. The topological polar surface area (TPSA) is 43.1 Å². The first-order valence-corrected chi connectivity index (χ1v) is 14.2. The Balaban J connectivity index is 1.49. The summed E-state index contributed by atoms with van der Waals surface area (Å²) in [6.07, 6.45) is 0. The minimum atomic E-state index is -0.541. The number of nitrogens with zero attached hydrogens (tertiary/aromatic N) is 1.